The zero-order valence-electron chi connectivity index (χ0n) is 17.4. The number of alkyl halides is 3. The van der Waals surface area contributed by atoms with Crippen molar-refractivity contribution in [3.05, 3.63) is 41.6 Å². The molecule has 1 amide bonds. The van der Waals surface area contributed by atoms with Gasteiger partial charge in [0.25, 0.3) is 5.91 Å². The normalized spacial score (nSPS) is 16.6. The van der Waals surface area contributed by atoms with Crippen molar-refractivity contribution in [3.8, 4) is 0 Å². The van der Waals surface area contributed by atoms with Gasteiger partial charge in [-0.2, -0.15) is 13.2 Å². The molecular weight excluding hydrogens is 460 g/mol. The number of sulfone groups is 1. The Kier molecular flexibility index (Phi) is 7.49. The second kappa shape index (κ2) is 9.78. The Labute approximate surface area is 190 Å². The van der Waals surface area contributed by atoms with Crippen LogP contribution in [0, 0.1) is 5.92 Å². The summed E-state index contributed by atoms with van der Waals surface area (Å²) in [7, 11) is 1.52. The van der Waals surface area contributed by atoms with Gasteiger partial charge in [0.2, 0.25) is 0 Å². The van der Waals surface area contributed by atoms with Gasteiger partial charge in [-0.3, -0.25) is 10.1 Å². The minimum atomic E-state index is -4.90. The Balaban J connectivity index is 2.08. The number of amides is 1. The van der Waals surface area contributed by atoms with Gasteiger partial charge in [-0.05, 0) is 41.2 Å². The lowest BCUT2D eigenvalue weighted by molar-refractivity contribution is -0.139. The van der Waals surface area contributed by atoms with E-state index in [2.05, 4.69) is 10.3 Å². The number of halogens is 3. The Morgan fingerprint density at radius 3 is 2.41 bits per heavy atom. The maximum atomic E-state index is 13.7. The quantitative estimate of drug-likeness (QED) is 0.391. The lowest BCUT2D eigenvalue weighted by atomic mass is 9.93. The van der Waals surface area contributed by atoms with Crippen LogP contribution in [-0.2, 0) is 20.8 Å². The zero-order chi connectivity index (χ0) is 23.5. The molecule has 0 saturated heterocycles. The molecular formula is C21H22BF3N2O3S2. The Hall–Kier alpha value is -2.14. The molecule has 5 nitrogen and oxygen atoms in total. The van der Waals surface area contributed by atoms with Crippen LogP contribution >= 0.6 is 11.3 Å². The van der Waals surface area contributed by atoms with E-state index in [4.69, 9.17) is 7.85 Å². The van der Waals surface area contributed by atoms with Crippen molar-refractivity contribution in [2.24, 2.45) is 5.92 Å². The van der Waals surface area contributed by atoms with Crippen molar-refractivity contribution >= 4 is 50.4 Å². The van der Waals surface area contributed by atoms with E-state index in [1.54, 1.807) is 6.08 Å². The van der Waals surface area contributed by atoms with Crippen LogP contribution < -0.4 is 10.1 Å². The minimum absolute atomic E-state index is 0.00370. The molecule has 1 fully saturated rings. The van der Waals surface area contributed by atoms with Crippen molar-refractivity contribution < 1.29 is 26.4 Å². The third-order valence-corrected chi connectivity index (χ3v) is 7.18. The lowest BCUT2D eigenvalue weighted by Crippen LogP contribution is -2.17. The fourth-order valence-electron chi connectivity index (χ4n) is 3.77. The molecule has 1 heterocycles. The standard InChI is InChI=1S/C21H22BF3N2O3S2/c1-32(29,30)17-9-8-14(11-16(17)21(23,24)25)15(10-13-6-4-2-3-5-7-13)19(28)27-20-26-12-18(22)31-20/h8-13H,2-7H2,1H3,(H,26,27,28)/b15-10+. The number of carbonyl (C=O) groups excluding carboxylic acids is 1. The second-order valence-corrected chi connectivity index (χ2v) is 10.9. The van der Waals surface area contributed by atoms with Crippen molar-refractivity contribution in [1.82, 2.24) is 4.98 Å². The molecule has 170 valence electrons. The van der Waals surface area contributed by atoms with E-state index in [1.165, 1.54) is 12.3 Å². The van der Waals surface area contributed by atoms with Crippen molar-refractivity contribution in [1.29, 1.82) is 0 Å². The van der Waals surface area contributed by atoms with E-state index >= 15 is 0 Å². The summed E-state index contributed by atoms with van der Waals surface area (Å²) in [6, 6.07) is 2.88. The summed E-state index contributed by atoms with van der Waals surface area (Å²) in [5.74, 6) is -0.590. The molecule has 1 aromatic heterocycles. The third kappa shape index (κ3) is 6.22. The number of rotatable bonds is 5. The first-order valence-electron chi connectivity index (χ1n) is 10.1. The third-order valence-electron chi connectivity index (χ3n) is 5.29. The Bertz CT molecular complexity index is 1120. The highest BCUT2D eigenvalue weighted by atomic mass is 32.2. The number of nitrogens with zero attached hydrogens (tertiary/aromatic N) is 1. The summed E-state index contributed by atoms with van der Waals surface area (Å²) in [4.78, 5) is 16.2. The van der Waals surface area contributed by atoms with Crippen LogP contribution in [-0.4, -0.2) is 33.4 Å². The van der Waals surface area contributed by atoms with Gasteiger partial charge in [0, 0.05) is 18.0 Å². The average molecular weight is 482 g/mol. The van der Waals surface area contributed by atoms with Crippen molar-refractivity contribution in [2.45, 2.75) is 49.6 Å². The van der Waals surface area contributed by atoms with Gasteiger partial charge in [-0.1, -0.05) is 37.8 Å². The van der Waals surface area contributed by atoms with Gasteiger partial charge < -0.3 is 0 Å². The highest BCUT2D eigenvalue weighted by Gasteiger charge is 2.37. The maximum absolute atomic E-state index is 13.7. The Morgan fingerprint density at radius 1 is 1.22 bits per heavy atom. The molecule has 0 spiro atoms. The molecule has 0 aliphatic heterocycles. The van der Waals surface area contributed by atoms with Gasteiger partial charge in [0.05, 0.1) is 10.5 Å². The predicted octanol–water partition coefficient (Wildman–Crippen LogP) is 4.35. The summed E-state index contributed by atoms with van der Waals surface area (Å²) < 4.78 is 65.2. The van der Waals surface area contributed by atoms with E-state index in [0.29, 0.717) is 4.78 Å². The summed E-state index contributed by atoms with van der Waals surface area (Å²) in [5, 5.41) is 2.82. The minimum Gasteiger partial charge on any atom is -0.298 e. The number of thiazole rings is 1. The number of carbonyl (C=O) groups is 1. The second-order valence-electron chi connectivity index (χ2n) is 7.83. The van der Waals surface area contributed by atoms with Gasteiger partial charge in [0.15, 0.2) is 15.0 Å². The number of hydrogen-bond acceptors (Lipinski definition) is 5. The summed E-state index contributed by atoms with van der Waals surface area (Å²) >= 11 is 1.04. The van der Waals surface area contributed by atoms with Gasteiger partial charge >= 0.3 is 6.18 Å². The van der Waals surface area contributed by atoms with E-state index in [1.807, 2.05) is 0 Å². The molecule has 1 aliphatic rings. The molecule has 1 aliphatic carbocycles. The highest BCUT2D eigenvalue weighted by molar-refractivity contribution is 7.90. The number of hydrogen-bond donors (Lipinski definition) is 1. The zero-order valence-corrected chi connectivity index (χ0v) is 19.0. The van der Waals surface area contributed by atoms with E-state index in [9.17, 15) is 26.4 Å². The molecule has 1 aromatic carbocycles. The molecule has 0 bridgehead atoms. The number of anilines is 1. The smallest absolute Gasteiger partial charge is 0.298 e. The molecule has 11 heteroatoms. The highest BCUT2D eigenvalue weighted by Crippen LogP contribution is 2.37. The molecule has 32 heavy (non-hydrogen) atoms. The fourth-order valence-corrected chi connectivity index (χ4v) is 5.23. The van der Waals surface area contributed by atoms with Crippen LogP contribution in [0.2, 0.25) is 0 Å². The average Bonchev–Trinajstić information content (AvgIpc) is 2.94. The monoisotopic (exact) mass is 482 g/mol. The predicted molar refractivity (Wildman–Crippen MR) is 120 cm³/mol. The number of allylic oxidation sites excluding steroid dienone is 1. The molecule has 0 unspecified atom stereocenters. The number of benzene rings is 1. The van der Waals surface area contributed by atoms with Crippen LogP contribution in [0.5, 0.6) is 0 Å². The van der Waals surface area contributed by atoms with E-state index < -0.39 is 32.4 Å². The van der Waals surface area contributed by atoms with Gasteiger partial charge in [-0.15, -0.1) is 11.3 Å². The first kappa shape index (κ1) is 24.5. The molecule has 2 aromatic rings. The van der Waals surface area contributed by atoms with Crippen LogP contribution in [0.15, 0.2) is 35.4 Å². The molecule has 0 atom stereocenters. The van der Waals surface area contributed by atoms with Crippen molar-refractivity contribution in [3.63, 3.8) is 0 Å². The first-order chi connectivity index (χ1) is 14.9. The van der Waals surface area contributed by atoms with Crippen LogP contribution in [0.3, 0.4) is 0 Å². The maximum Gasteiger partial charge on any atom is 0.417 e. The summed E-state index contributed by atoms with van der Waals surface area (Å²) in [6.45, 7) is 0. The molecule has 1 N–H and O–H groups in total. The SMILES string of the molecule is [B]c1cnc(NC(=O)/C(=C/C2CCCCCC2)c2ccc(S(C)(=O)=O)c(C(F)(F)F)c2)s1. The topological polar surface area (TPSA) is 76.1 Å². The van der Waals surface area contributed by atoms with Gasteiger partial charge in [-0.25, -0.2) is 13.4 Å². The van der Waals surface area contributed by atoms with Crippen LogP contribution in [0.1, 0.15) is 49.7 Å². The van der Waals surface area contributed by atoms with Crippen LogP contribution in [0.4, 0.5) is 18.3 Å². The largest absolute Gasteiger partial charge is 0.417 e. The fraction of sp³-hybridized carbons (Fsp3) is 0.429. The molecule has 1 saturated carbocycles. The summed E-state index contributed by atoms with van der Waals surface area (Å²) in [6.07, 6.45) is 4.64. The van der Waals surface area contributed by atoms with E-state index in [-0.39, 0.29) is 22.2 Å². The van der Waals surface area contributed by atoms with Crippen molar-refractivity contribution in [2.75, 3.05) is 11.6 Å². The van der Waals surface area contributed by atoms with E-state index in [0.717, 1.165) is 68.3 Å². The number of nitrogens with one attached hydrogen (secondary N) is 1. The lowest BCUT2D eigenvalue weighted by Gasteiger charge is -2.17. The van der Waals surface area contributed by atoms with Crippen LogP contribution in [0.25, 0.3) is 5.57 Å². The molecule has 2 radical (unpaired) electrons. The van der Waals surface area contributed by atoms with Gasteiger partial charge in [0.1, 0.15) is 7.85 Å². The first-order valence-corrected chi connectivity index (χ1v) is 12.8. The Morgan fingerprint density at radius 2 is 1.88 bits per heavy atom. The molecule has 3 rings (SSSR count). The number of aromatic nitrogens is 1. The summed E-state index contributed by atoms with van der Waals surface area (Å²) in [5.41, 5.74) is -1.25.